The average Bonchev–Trinajstić information content (AvgIpc) is 1.43. The second-order valence-electron chi connectivity index (χ2n) is 43.7. The fourth-order valence-electron chi connectivity index (χ4n) is 18.3. The van der Waals surface area contributed by atoms with Crippen LogP contribution in [-0.2, 0) is 54.1 Å². The van der Waals surface area contributed by atoms with E-state index in [1.807, 2.05) is 0 Å². The number of fused-ring (bicyclic) bond motifs is 10. The predicted octanol–water partition coefficient (Wildman–Crippen LogP) is 25.2. The number of aromatic nitrogens is 2. The zero-order valence-corrected chi connectivity index (χ0v) is 72.5. The lowest BCUT2D eigenvalue weighted by molar-refractivity contribution is 0.552. The summed E-state index contributed by atoms with van der Waals surface area (Å²) in [6, 6.07) is 79.4. The molecule has 0 saturated carbocycles. The van der Waals surface area contributed by atoms with Crippen LogP contribution in [0.1, 0.15) is 263 Å². The third-order valence-corrected chi connectivity index (χ3v) is 24.9. The van der Waals surface area contributed by atoms with Gasteiger partial charge in [-0.1, -0.05) is 364 Å². The Kier molecular flexibility index (Phi) is 17.6. The zero-order chi connectivity index (χ0) is 79.6. The smallest absolute Gasteiger partial charge is 0.247 e. The van der Waals surface area contributed by atoms with Crippen LogP contribution in [0.4, 0.5) is 0 Å². The fourth-order valence-corrected chi connectivity index (χ4v) is 18.3. The highest BCUT2D eigenvalue weighted by Crippen LogP contribution is 2.46. The predicted molar refractivity (Wildman–Crippen MR) is 486 cm³/mol. The molecule has 0 saturated heterocycles. The van der Waals surface area contributed by atoms with Crippen molar-refractivity contribution in [3.05, 3.63) is 250 Å². The molecule has 15 rings (SSSR count). The number of benzene rings is 11. The van der Waals surface area contributed by atoms with Gasteiger partial charge in [0.2, 0.25) is 13.4 Å². The van der Waals surface area contributed by atoms with Gasteiger partial charge in [-0.3, -0.25) is 0 Å². The summed E-state index contributed by atoms with van der Waals surface area (Å²) >= 11 is 0. The van der Waals surface area contributed by atoms with E-state index in [4.69, 9.17) is 0 Å². The lowest BCUT2D eigenvalue weighted by atomic mass is 9.30. The van der Waals surface area contributed by atoms with Gasteiger partial charge in [0.05, 0.1) is 11.0 Å². The van der Waals surface area contributed by atoms with Gasteiger partial charge >= 0.3 is 0 Å². The topological polar surface area (TPSA) is 9.86 Å². The van der Waals surface area contributed by atoms with Crippen molar-refractivity contribution in [2.45, 2.75) is 262 Å². The lowest BCUT2D eigenvalue weighted by Crippen LogP contribution is -2.63. The molecule has 110 heavy (non-hydrogen) atoms. The van der Waals surface area contributed by atoms with Gasteiger partial charge in [-0.2, -0.15) is 0 Å². The minimum absolute atomic E-state index is 0.000771. The summed E-state index contributed by atoms with van der Waals surface area (Å²) < 4.78 is 5.53. The molecule has 0 aliphatic carbocycles. The molecule has 2 nitrogen and oxygen atoms in total. The summed E-state index contributed by atoms with van der Waals surface area (Å²) in [4.78, 5) is 0. The van der Waals surface area contributed by atoms with E-state index < -0.39 is 0 Å². The van der Waals surface area contributed by atoms with Gasteiger partial charge in [-0.25, -0.2) is 0 Å². The third-order valence-electron chi connectivity index (χ3n) is 24.9. The van der Waals surface area contributed by atoms with Gasteiger partial charge < -0.3 is 9.13 Å². The number of nitrogens with zero attached hydrogens (tertiary/aromatic N) is 2. The summed E-state index contributed by atoms with van der Waals surface area (Å²) in [7, 11) is 0. The summed E-state index contributed by atoms with van der Waals surface area (Å²) in [5, 5.41) is 5.09. The molecule has 0 radical (unpaired) electrons. The highest BCUT2D eigenvalue weighted by molar-refractivity contribution is 7.00. The molecule has 13 aromatic rings. The Morgan fingerprint density at radius 2 is 0.418 bits per heavy atom. The van der Waals surface area contributed by atoms with Gasteiger partial charge in [-0.05, 0) is 225 Å². The second-order valence-corrected chi connectivity index (χ2v) is 43.7. The van der Waals surface area contributed by atoms with Crippen LogP contribution in [0.2, 0.25) is 0 Å². The SMILES string of the molecule is CC(C)(C)c1ccc(-c2ccc3c(c2)c2cc(-c4ccc(C(C)(C)C)cc4)cc4c2n3-c2cc3c(cc2B4c2c(C(C)(C)C)cc(C(C)(C)C)cc2C(C)(C)C)-n2c4ccc(-c5ccc(C(C)(C)C)cc5)cc4c4cc(-c5ccc(C(C)(C)C)cc5)cc(c42)B3c2c(C(C)(C)C)cc(C(C)(C)C)cc2C(C)(C)C)cc1. The van der Waals surface area contributed by atoms with E-state index in [9.17, 15) is 0 Å². The number of hydrogen-bond acceptors (Lipinski definition) is 0. The molecular weight excluding hydrogens is 1320 g/mol. The standard InChI is InChI=1S/C106H122B2N2/c1-97(2,3)71-41-31-63(32-42-71)67-39-49-89-77(51-67)79-53-69(65-35-45-73(46-36-65)99(7,8)9)55-87-95(79)109(89)91-61-86-92(62-85(91)107(87)93-81(103(19,20)21)57-75(101(13,14)15)58-82(93)104(22,23)24)110-90-50-40-68(64-33-43-72(44-34-64)98(4,5)6)52-78(90)80-54-70(66-37-47-74(48-38-66)100(10,11)12)56-88(96(80)110)108(86)94-83(105(25,26)27)59-76(102(16,17)18)60-84(94)106(28,29)30/h31-62H,1-30H3. The van der Waals surface area contributed by atoms with Crippen LogP contribution in [0.5, 0.6) is 0 Å². The first kappa shape index (κ1) is 76.5. The summed E-state index contributed by atoms with van der Waals surface area (Å²) in [6.07, 6.45) is 0. The Morgan fingerprint density at radius 3 is 0.655 bits per heavy atom. The molecule has 0 N–H and O–H groups in total. The first-order valence-corrected chi connectivity index (χ1v) is 41.1. The number of hydrogen-bond donors (Lipinski definition) is 0. The van der Waals surface area contributed by atoms with E-state index in [1.54, 1.807) is 0 Å². The van der Waals surface area contributed by atoms with E-state index in [0.717, 1.165) is 0 Å². The number of rotatable bonds is 6. The monoisotopic (exact) mass is 1440 g/mol. The Morgan fingerprint density at radius 1 is 0.191 bits per heavy atom. The van der Waals surface area contributed by atoms with E-state index in [1.165, 1.54) is 188 Å². The van der Waals surface area contributed by atoms with Crippen LogP contribution in [0.15, 0.2) is 194 Å². The molecule has 0 fully saturated rings. The fraction of sp³-hybridized carbons (Fsp3) is 0.377. The van der Waals surface area contributed by atoms with Crippen molar-refractivity contribution in [1.29, 1.82) is 0 Å². The van der Waals surface area contributed by atoms with Crippen molar-refractivity contribution in [1.82, 2.24) is 9.13 Å². The lowest BCUT2D eigenvalue weighted by Gasteiger charge is -2.40. The normalized spacial score (nSPS) is 14.1. The minimum atomic E-state index is -0.250. The summed E-state index contributed by atoms with van der Waals surface area (Å²) in [6.45, 7) is 71.7. The first-order chi connectivity index (χ1) is 50.8. The average molecular weight is 1450 g/mol. The van der Waals surface area contributed by atoms with Gasteiger partial charge in [0.15, 0.2) is 0 Å². The van der Waals surface area contributed by atoms with Crippen LogP contribution in [0.25, 0.3) is 99.5 Å². The molecule has 0 bridgehead atoms. The Bertz CT molecular complexity index is 5430. The maximum absolute atomic E-state index is 2.77. The first-order valence-electron chi connectivity index (χ1n) is 41.1. The van der Waals surface area contributed by atoms with Crippen LogP contribution in [0.3, 0.4) is 0 Å². The van der Waals surface area contributed by atoms with Crippen LogP contribution >= 0.6 is 0 Å². The molecule has 4 heteroatoms. The van der Waals surface area contributed by atoms with Crippen LogP contribution < -0.4 is 32.8 Å². The third kappa shape index (κ3) is 13.2. The Balaban J connectivity index is 1.17. The van der Waals surface area contributed by atoms with E-state index in [-0.39, 0.29) is 67.6 Å². The van der Waals surface area contributed by atoms with E-state index in [0.29, 0.717) is 0 Å². The molecule has 2 aliphatic rings. The van der Waals surface area contributed by atoms with Crippen molar-refractivity contribution >= 4 is 89.8 Å². The Hall–Kier alpha value is -8.85. The van der Waals surface area contributed by atoms with Gasteiger partial charge in [0.1, 0.15) is 0 Å². The van der Waals surface area contributed by atoms with Crippen molar-refractivity contribution in [2.24, 2.45) is 0 Å². The minimum Gasteiger partial charge on any atom is -0.310 e. The second kappa shape index (κ2) is 25.3. The van der Waals surface area contributed by atoms with Gasteiger partial charge in [-0.15, -0.1) is 0 Å². The molecule has 2 aliphatic heterocycles. The van der Waals surface area contributed by atoms with E-state index in [2.05, 4.69) is 411 Å². The molecule has 0 spiro atoms. The molecule has 2 aromatic heterocycles. The largest absolute Gasteiger partial charge is 0.310 e. The quantitative estimate of drug-likeness (QED) is 0.147. The van der Waals surface area contributed by atoms with Gasteiger partial charge in [0, 0.05) is 44.0 Å². The van der Waals surface area contributed by atoms with E-state index >= 15 is 0 Å². The molecule has 11 aromatic carbocycles. The maximum atomic E-state index is 2.77. The molecule has 562 valence electrons. The highest BCUT2D eigenvalue weighted by atomic mass is 15.0. The van der Waals surface area contributed by atoms with Crippen molar-refractivity contribution in [3.63, 3.8) is 0 Å². The Labute approximate surface area is 662 Å². The maximum Gasteiger partial charge on any atom is 0.247 e. The zero-order valence-electron chi connectivity index (χ0n) is 72.5. The van der Waals surface area contributed by atoms with Crippen molar-refractivity contribution in [3.8, 4) is 55.9 Å². The molecule has 0 amide bonds. The molecular formula is C106H122B2N2. The van der Waals surface area contributed by atoms with Crippen molar-refractivity contribution < 1.29 is 0 Å². The molecule has 4 heterocycles. The van der Waals surface area contributed by atoms with Crippen LogP contribution in [-0.4, -0.2) is 22.6 Å². The van der Waals surface area contributed by atoms with Gasteiger partial charge in [0.25, 0.3) is 0 Å². The summed E-state index contributed by atoms with van der Waals surface area (Å²) in [5.74, 6) is 0. The summed E-state index contributed by atoms with van der Waals surface area (Å²) in [5.41, 5.74) is 38.2. The van der Waals surface area contributed by atoms with Crippen LogP contribution in [0, 0.1) is 0 Å². The van der Waals surface area contributed by atoms with Crippen molar-refractivity contribution in [2.75, 3.05) is 0 Å². The molecule has 0 unspecified atom stereocenters. The highest BCUT2D eigenvalue weighted by Gasteiger charge is 2.46. The molecule has 0 atom stereocenters.